The molecule has 0 bridgehead atoms. The molecule has 2 heterocycles. The highest BCUT2D eigenvalue weighted by Gasteiger charge is 2.16. The number of methoxy groups -OCH3 is 2. The molecule has 0 fully saturated rings. The van der Waals surface area contributed by atoms with Gasteiger partial charge >= 0.3 is 0 Å². The summed E-state index contributed by atoms with van der Waals surface area (Å²) < 4.78 is 10.7. The van der Waals surface area contributed by atoms with Crippen molar-refractivity contribution in [3.8, 4) is 11.5 Å². The third kappa shape index (κ3) is 2.77. The molecule has 0 saturated heterocycles. The number of benzene rings is 1. The number of rotatable bonds is 5. The average molecular weight is 313 g/mol. The Bertz CT molecular complexity index is 830. The lowest BCUT2D eigenvalue weighted by molar-refractivity contribution is 0.354. The Morgan fingerprint density at radius 3 is 2.57 bits per heavy atom. The Kier molecular flexibility index (Phi) is 4.01. The molecule has 7 heteroatoms. The fourth-order valence-corrected chi connectivity index (χ4v) is 2.62. The number of nitrogens with zero attached hydrogens (tertiary/aromatic N) is 3. The van der Waals surface area contributed by atoms with Crippen LogP contribution in [0.25, 0.3) is 11.2 Å². The molecule has 0 saturated carbocycles. The second-order valence-electron chi connectivity index (χ2n) is 5.25. The van der Waals surface area contributed by atoms with Crippen LogP contribution in [0.1, 0.15) is 24.1 Å². The summed E-state index contributed by atoms with van der Waals surface area (Å²) in [7, 11) is 3.27. The van der Waals surface area contributed by atoms with Crippen LogP contribution in [0.15, 0.2) is 24.8 Å². The molecule has 0 aliphatic heterocycles. The predicted octanol–water partition coefficient (Wildman–Crippen LogP) is 2.85. The van der Waals surface area contributed by atoms with E-state index >= 15 is 0 Å². The number of anilines is 1. The van der Waals surface area contributed by atoms with E-state index in [0.29, 0.717) is 17.2 Å². The minimum absolute atomic E-state index is 0.0243. The molecule has 0 aliphatic rings. The first kappa shape index (κ1) is 15.1. The lowest BCUT2D eigenvalue weighted by atomic mass is 10.0. The standard InChI is InChI=1S/C16H19N5O2/c1-9-5-12(22-3)13(23-4)6-11(9)10(2)21-16-14-15(18-7-17-14)19-8-20-16/h5-8,10H,1-4H3,(H2,17,18,19,20,21). The first-order chi connectivity index (χ1) is 11.1. The Morgan fingerprint density at radius 1 is 1.09 bits per heavy atom. The van der Waals surface area contributed by atoms with Crippen LogP contribution >= 0.6 is 0 Å². The normalized spacial score (nSPS) is 12.2. The summed E-state index contributed by atoms with van der Waals surface area (Å²) >= 11 is 0. The van der Waals surface area contributed by atoms with Gasteiger partial charge in [0.1, 0.15) is 11.8 Å². The molecule has 0 aliphatic carbocycles. The van der Waals surface area contributed by atoms with Crippen LogP contribution in [0.4, 0.5) is 5.82 Å². The molecule has 7 nitrogen and oxygen atoms in total. The molecular weight excluding hydrogens is 294 g/mol. The lowest BCUT2D eigenvalue weighted by Crippen LogP contribution is -2.10. The fraction of sp³-hybridized carbons (Fsp3) is 0.312. The van der Waals surface area contributed by atoms with E-state index < -0.39 is 0 Å². The van der Waals surface area contributed by atoms with Crippen LogP contribution in [0, 0.1) is 6.92 Å². The van der Waals surface area contributed by atoms with Gasteiger partial charge in [0, 0.05) is 0 Å². The minimum Gasteiger partial charge on any atom is -0.493 e. The first-order valence-corrected chi connectivity index (χ1v) is 7.27. The Morgan fingerprint density at radius 2 is 1.83 bits per heavy atom. The van der Waals surface area contributed by atoms with E-state index in [0.717, 1.165) is 22.4 Å². The van der Waals surface area contributed by atoms with Crippen LogP contribution in [0.5, 0.6) is 11.5 Å². The number of ether oxygens (including phenoxy) is 2. The lowest BCUT2D eigenvalue weighted by Gasteiger charge is -2.19. The van der Waals surface area contributed by atoms with E-state index in [9.17, 15) is 0 Å². The summed E-state index contributed by atoms with van der Waals surface area (Å²) in [6.07, 6.45) is 3.11. The van der Waals surface area contributed by atoms with Gasteiger partial charge in [0.15, 0.2) is 23.0 Å². The Labute approximate surface area is 134 Å². The van der Waals surface area contributed by atoms with Crippen molar-refractivity contribution in [1.82, 2.24) is 19.9 Å². The summed E-state index contributed by atoms with van der Waals surface area (Å²) in [5, 5.41) is 3.40. The van der Waals surface area contributed by atoms with E-state index in [1.165, 1.54) is 6.33 Å². The summed E-state index contributed by atoms with van der Waals surface area (Å²) in [6.45, 7) is 4.11. The van der Waals surface area contributed by atoms with Gasteiger partial charge in [0.05, 0.1) is 26.6 Å². The van der Waals surface area contributed by atoms with Crippen molar-refractivity contribution >= 4 is 17.0 Å². The SMILES string of the molecule is COc1cc(C)c(C(C)Nc2ncnc3nc[nH]c23)cc1OC. The van der Waals surface area contributed by atoms with Crippen molar-refractivity contribution in [2.24, 2.45) is 0 Å². The molecule has 3 aromatic rings. The maximum Gasteiger partial charge on any atom is 0.182 e. The van der Waals surface area contributed by atoms with E-state index in [2.05, 4.69) is 32.2 Å². The first-order valence-electron chi connectivity index (χ1n) is 7.27. The quantitative estimate of drug-likeness (QED) is 0.753. The molecule has 1 atom stereocenters. The van der Waals surface area contributed by atoms with Gasteiger partial charge in [0.25, 0.3) is 0 Å². The number of nitrogens with one attached hydrogen (secondary N) is 2. The van der Waals surface area contributed by atoms with Gasteiger partial charge in [-0.2, -0.15) is 0 Å². The smallest absolute Gasteiger partial charge is 0.182 e. The molecule has 1 unspecified atom stereocenters. The predicted molar refractivity (Wildman–Crippen MR) is 88.0 cm³/mol. The van der Waals surface area contributed by atoms with Gasteiger partial charge < -0.3 is 19.8 Å². The summed E-state index contributed by atoms with van der Waals surface area (Å²) in [5.41, 5.74) is 3.64. The van der Waals surface area contributed by atoms with Gasteiger partial charge in [-0.25, -0.2) is 15.0 Å². The zero-order chi connectivity index (χ0) is 16.4. The fourth-order valence-electron chi connectivity index (χ4n) is 2.62. The molecule has 3 rings (SSSR count). The Hall–Kier alpha value is -2.83. The maximum atomic E-state index is 5.40. The minimum atomic E-state index is 0.0243. The van der Waals surface area contributed by atoms with Gasteiger partial charge in [-0.15, -0.1) is 0 Å². The van der Waals surface area contributed by atoms with Crippen LogP contribution in [0.2, 0.25) is 0 Å². The van der Waals surface area contributed by atoms with Crippen LogP contribution in [0.3, 0.4) is 0 Å². The molecule has 2 N–H and O–H groups in total. The molecule has 2 aromatic heterocycles. The highest BCUT2D eigenvalue weighted by atomic mass is 16.5. The number of H-pyrrole nitrogens is 1. The largest absolute Gasteiger partial charge is 0.493 e. The number of hydrogen-bond donors (Lipinski definition) is 2. The summed E-state index contributed by atoms with van der Waals surface area (Å²) in [5.74, 6) is 2.14. The summed E-state index contributed by atoms with van der Waals surface area (Å²) in [4.78, 5) is 15.6. The van der Waals surface area contributed by atoms with Crippen LogP contribution < -0.4 is 14.8 Å². The maximum absolute atomic E-state index is 5.40. The molecule has 23 heavy (non-hydrogen) atoms. The van der Waals surface area contributed by atoms with E-state index in [-0.39, 0.29) is 6.04 Å². The molecule has 0 radical (unpaired) electrons. The second-order valence-corrected chi connectivity index (χ2v) is 5.25. The van der Waals surface area contributed by atoms with E-state index in [1.807, 2.05) is 19.1 Å². The molecule has 0 spiro atoms. The van der Waals surface area contributed by atoms with Crippen molar-refractivity contribution < 1.29 is 9.47 Å². The molecule has 1 aromatic carbocycles. The molecule has 0 amide bonds. The molecule has 120 valence electrons. The highest BCUT2D eigenvalue weighted by Crippen LogP contribution is 2.34. The Balaban J connectivity index is 1.94. The van der Waals surface area contributed by atoms with Crippen molar-refractivity contribution in [2.75, 3.05) is 19.5 Å². The number of fused-ring (bicyclic) bond motifs is 1. The zero-order valence-electron chi connectivity index (χ0n) is 13.5. The number of hydrogen-bond acceptors (Lipinski definition) is 6. The summed E-state index contributed by atoms with van der Waals surface area (Å²) in [6, 6.07) is 3.98. The zero-order valence-corrected chi connectivity index (χ0v) is 13.5. The third-order valence-corrected chi connectivity index (χ3v) is 3.81. The highest BCUT2D eigenvalue weighted by molar-refractivity contribution is 5.82. The second kappa shape index (κ2) is 6.12. The van der Waals surface area contributed by atoms with E-state index in [4.69, 9.17) is 9.47 Å². The number of imidazole rings is 1. The molecular formula is C16H19N5O2. The topological polar surface area (TPSA) is 85.0 Å². The van der Waals surface area contributed by atoms with E-state index in [1.54, 1.807) is 20.5 Å². The van der Waals surface area contributed by atoms with Crippen molar-refractivity contribution in [1.29, 1.82) is 0 Å². The van der Waals surface area contributed by atoms with Gasteiger partial charge in [0.2, 0.25) is 0 Å². The van der Waals surface area contributed by atoms with Gasteiger partial charge in [-0.1, -0.05) is 0 Å². The number of aromatic amines is 1. The van der Waals surface area contributed by atoms with Gasteiger partial charge in [-0.05, 0) is 37.1 Å². The number of aromatic nitrogens is 4. The van der Waals surface area contributed by atoms with Crippen molar-refractivity contribution in [3.63, 3.8) is 0 Å². The average Bonchev–Trinajstić information content (AvgIpc) is 3.04. The third-order valence-electron chi connectivity index (χ3n) is 3.81. The van der Waals surface area contributed by atoms with Crippen molar-refractivity contribution in [2.45, 2.75) is 19.9 Å². The monoisotopic (exact) mass is 313 g/mol. The number of aryl methyl sites for hydroxylation is 1. The van der Waals surface area contributed by atoms with Crippen LogP contribution in [-0.4, -0.2) is 34.2 Å². The van der Waals surface area contributed by atoms with Crippen LogP contribution in [-0.2, 0) is 0 Å². The van der Waals surface area contributed by atoms with Crippen molar-refractivity contribution in [3.05, 3.63) is 35.9 Å². The van der Waals surface area contributed by atoms with Gasteiger partial charge in [-0.3, -0.25) is 0 Å².